The van der Waals surface area contributed by atoms with E-state index in [1.807, 2.05) is 43.3 Å². The maximum absolute atomic E-state index is 11.7. The molecule has 0 atom stereocenters. The smallest absolute Gasteiger partial charge is 0.339 e. The van der Waals surface area contributed by atoms with Gasteiger partial charge in [-0.3, -0.25) is 0 Å². The lowest BCUT2D eigenvalue weighted by atomic mass is 10.2. The number of anilines is 1. The zero-order valence-corrected chi connectivity index (χ0v) is 14.0. The average molecular weight is 334 g/mol. The first-order chi connectivity index (χ1) is 11.1. The van der Waals surface area contributed by atoms with Gasteiger partial charge in [0.25, 0.3) is 0 Å². The number of esters is 1. The van der Waals surface area contributed by atoms with Crippen LogP contribution in [0.4, 0.5) is 5.69 Å². The molecule has 0 fully saturated rings. The molecule has 0 saturated heterocycles. The summed E-state index contributed by atoms with van der Waals surface area (Å²) in [5.74, 6) is 0.461. The van der Waals surface area contributed by atoms with Crippen LogP contribution < -0.4 is 10.1 Å². The van der Waals surface area contributed by atoms with Gasteiger partial charge in [0.15, 0.2) is 0 Å². The fraction of sp³-hybridized carbons (Fsp3) is 0.278. The molecule has 0 aliphatic carbocycles. The Hall–Kier alpha value is -2.20. The molecule has 4 nitrogen and oxygen atoms in total. The maximum Gasteiger partial charge on any atom is 0.339 e. The second-order valence-electron chi connectivity index (χ2n) is 5.08. The van der Waals surface area contributed by atoms with Crippen molar-refractivity contribution < 1.29 is 14.3 Å². The van der Waals surface area contributed by atoms with Crippen molar-refractivity contribution in [1.82, 2.24) is 0 Å². The Morgan fingerprint density at radius 3 is 2.74 bits per heavy atom. The lowest BCUT2D eigenvalue weighted by Gasteiger charge is -2.11. The molecule has 0 bridgehead atoms. The summed E-state index contributed by atoms with van der Waals surface area (Å²) in [6, 6.07) is 12.9. The number of hydrogen-bond donors (Lipinski definition) is 1. The van der Waals surface area contributed by atoms with E-state index >= 15 is 0 Å². The highest BCUT2D eigenvalue weighted by atomic mass is 35.5. The van der Waals surface area contributed by atoms with Gasteiger partial charge >= 0.3 is 5.97 Å². The lowest BCUT2D eigenvalue weighted by molar-refractivity contribution is 0.0602. The highest BCUT2D eigenvalue weighted by Gasteiger charge is 2.10. The Morgan fingerprint density at radius 1 is 1.22 bits per heavy atom. The van der Waals surface area contributed by atoms with Crippen molar-refractivity contribution >= 4 is 23.3 Å². The fourth-order valence-corrected chi connectivity index (χ4v) is 2.23. The Labute approximate surface area is 141 Å². The maximum atomic E-state index is 11.7. The third-order valence-corrected chi connectivity index (χ3v) is 3.79. The molecule has 0 radical (unpaired) electrons. The summed E-state index contributed by atoms with van der Waals surface area (Å²) in [5.41, 5.74) is 2.29. The van der Waals surface area contributed by atoms with E-state index in [1.54, 1.807) is 6.07 Å². The largest absolute Gasteiger partial charge is 0.494 e. The molecular formula is C18H20ClNO3. The van der Waals surface area contributed by atoms with Gasteiger partial charge < -0.3 is 14.8 Å². The minimum absolute atomic E-state index is 0.346. The molecule has 5 heteroatoms. The number of carbonyl (C=O) groups excluding carboxylic acids is 1. The van der Waals surface area contributed by atoms with Crippen molar-refractivity contribution in [3.05, 3.63) is 58.6 Å². The summed E-state index contributed by atoms with van der Waals surface area (Å²) in [4.78, 5) is 11.7. The molecule has 1 N–H and O–H groups in total. The predicted octanol–water partition coefficient (Wildman–Crippen LogP) is 4.32. The molecule has 0 heterocycles. The number of nitrogens with one attached hydrogen (secondary N) is 1. The van der Waals surface area contributed by atoms with E-state index in [9.17, 15) is 4.79 Å². The van der Waals surface area contributed by atoms with Crippen LogP contribution in [0, 0.1) is 6.92 Å². The molecule has 0 aliphatic rings. The quantitative estimate of drug-likeness (QED) is 0.605. The molecule has 0 saturated carbocycles. The minimum atomic E-state index is -0.346. The summed E-state index contributed by atoms with van der Waals surface area (Å²) in [6.45, 7) is 3.22. The standard InChI is InChI=1S/C18H20ClNO3/c1-13-12-14(8-9-16(13)19)23-11-5-10-20-17-7-4-3-6-15(17)18(21)22-2/h3-4,6-9,12,20H,5,10-11H2,1-2H3. The number of ether oxygens (including phenoxy) is 2. The first-order valence-electron chi connectivity index (χ1n) is 7.42. The number of para-hydroxylation sites is 1. The van der Waals surface area contributed by atoms with E-state index in [-0.39, 0.29) is 5.97 Å². The van der Waals surface area contributed by atoms with Crippen LogP contribution in [0.25, 0.3) is 0 Å². The van der Waals surface area contributed by atoms with Crippen LogP contribution in [0.1, 0.15) is 22.3 Å². The number of halogens is 1. The molecule has 0 aromatic heterocycles. The lowest BCUT2D eigenvalue weighted by Crippen LogP contribution is -2.11. The number of methoxy groups -OCH3 is 1. The van der Waals surface area contributed by atoms with Crippen LogP contribution in [0.3, 0.4) is 0 Å². The second kappa shape index (κ2) is 8.44. The zero-order valence-electron chi connectivity index (χ0n) is 13.3. The van der Waals surface area contributed by atoms with Gasteiger partial charge in [0.05, 0.1) is 19.3 Å². The van der Waals surface area contributed by atoms with Gasteiger partial charge in [-0.25, -0.2) is 4.79 Å². The van der Waals surface area contributed by atoms with Crippen molar-refractivity contribution in [2.45, 2.75) is 13.3 Å². The highest BCUT2D eigenvalue weighted by molar-refractivity contribution is 6.31. The Morgan fingerprint density at radius 2 is 2.00 bits per heavy atom. The molecule has 23 heavy (non-hydrogen) atoms. The van der Waals surface area contributed by atoms with Gasteiger partial charge in [0.1, 0.15) is 5.75 Å². The molecule has 0 unspecified atom stereocenters. The number of carbonyl (C=O) groups is 1. The number of hydrogen-bond acceptors (Lipinski definition) is 4. The van der Waals surface area contributed by atoms with Crippen LogP contribution in [-0.4, -0.2) is 26.2 Å². The molecule has 122 valence electrons. The van der Waals surface area contributed by atoms with Crippen LogP contribution in [0.15, 0.2) is 42.5 Å². The third kappa shape index (κ3) is 4.89. The van der Waals surface area contributed by atoms with Gasteiger partial charge in [-0.1, -0.05) is 23.7 Å². The highest BCUT2D eigenvalue weighted by Crippen LogP contribution is 2.21. The third-order valence-electron chi connectivity index (χ3n) is 3.37. The van der Waals surface area contributed by atoms with Crippen LogP contribution >= 0.6 is 11.6 Å². The monoisotopic (exact) mass is 333 g/mol. The molecule has 0 amide bonds. The van der Waals surface area contributed by atoms with E-state index in [1.165, 1.54) is 7.11 Å². The van der Waals surface area contributed by atoms with Crippen molar-refractivity contribution in [1.29, 1.82) is 0 Å². The van der Waals surface area contributed by atoms with Crippen molar-refractivity contribution in [3.63, 3.8) is 0 Å². The van der Waals surface area contributed by atoms with E-state index < -0.39 is 0 Å². The number of benzene rings is 2. The van der Waals surface area contributed by atoms with Crippen LogP contribution in [0.5, 0.6) is 5.75 Å². The van der Waals surface area contributed by atoms with Crippen molar-refractivity contribution in [2.75, 3.05) is 25.6 Å². The second-order valence-corrected chi connectivity index (χ2v) is 5.48. The Bertz CT molecular complexity index is 673. The van der Waals surface area contributed by atoms with Crippen molar-refractivity contribution in [2.24, 2.45) is 0 Å². The molecule has 0 aliphatic heterocycles. The fourth-order valence-electron chi connectivity index (χ4n) is 2.12. The first kappa shape index (κ1) is 17.2. The first-order valence-corrected chi connectivity index (χ1v) is 7.80. The average Bonchev–Trinajstić information content (AvgIpc) is 2.57. The van der Waals surface area contributed by atoms with Gasteiger partial charge in [-0.15, -0.1) is 0 Å². The normalized spacial score (nSPS) is 10.2. The van der Waals surface area contributed by atoms with Gasteiger partial charge in [-0.2, -0.15) is 0 Å². The molecule has 2 aromatic rings. The number of aryl methyl sites for hydroxylation is 1. The SMILES string of the molecule is COC(=O)c1ccccc1NCCCOc1ccc(Cl)c(C)c1. The minimum Gasteiger partial charge on any atom is -0.494 e. The van der Waals surface area contributed by atoms with Gasteiger partial charge in [0, 0.05) is 17.3 Å². The molecule has 2 rings (SSSR count). The van der Waals surface area contributed by atoms with Crippen LogP contribution in [-0.2, 0) is 4.74 Å². The summed E-state index contributed by atoms with van der Waals surface area (Å²) in [7, 11) is 1.38. The van der Waals surface area contributed by atoms with E-state index in [0.29, 0.717) is 18.7 Å². The molecule has 2 aromatic carbocycles. The van der Waals surface area contributed by atoms with Gasteiger partial charge in [0.2, 0.25) is 0 Å². The topological polar surface area (TPSA) is 47.6 Å². The molecular weight excluding hydrogens is 314 g/mol. The molecule has 0 spiro atoms. The van der Waals surface area contributed by atoms with E-state index in [0.717, 1.165) is 28.4 Å². The Balaban J connectivity index is 1.79. The van der Waals surface area contributed by atoms with E-state index in [2.05, 4.69) is 5.32 Å². The summed E-state index contributed by atoms with van der Waals surface area (Å²) in [6.07, 6.45) is 0.803. The van der Waals surface area contributed by atoms with Crippen LogP contribution in [0.2, 0.25) is 5.02 Å². The summed E-state index contributed by atoms with van der Waals surface area (Å²) >= 11 is 5.98. The summed E-state index contributed by atoms with van der Waals surface area (Å²) in [5, 5.41) is 3.97. The van der Waals surface area contributed by atoms with Crippen molar-refractivity contribution in [3.8, 4) is 5.75 Å². The Kier molecular flexibility index (Phi) is 6.29. The predicted molar refractivity (Wildman–Crippen MR) is 92.6 cm³/mol. The summed E-state index contributed by atoms with van der Waals surface area (Å²) < 4.78 is 10.5. The zero-order chi connectivity index (χ0) is 16.7. The van der Waals surface area contributed by atoms with E-state index in [4.69, 9.17) is 21.1 Å². The number of rotatable bonds is 7. The van der Waals surface area contributed by atoms with Gasteiger partial charge in [-0.05, 0) is 49.2 Å².